The maximum absolute atomic E-state index is 10.7. The molecule has 0 radical (unpaired) electrons. The summed E-state index contributed by atoms with van der Waals surface area (Å²) < 4.78 is 0. The number of carboxylic acids is 1. The van der Waals surface area contributed by atoms with Crippen LogP contribution in [-0.2, 0) is 4.79 Å². The molecule has 0 aliphatic carbocycles. The van der Waals surface area contributed by atoms with Crippen molar-refractivity contribution < 1.29 is 9.90 Å². The van der Waals surface area contributed by atoms with E-state index in [4.69, 9.17) is 0 Å². The summed E-state index contributed by atoms with van der Waals surface area (Å²) in [6, 6.07) is 0. The second-order valence-corrected chi connectivity index (χ2v) is 4.64. The first-order chi connectivity index (χ1) is 5.72. The molecule has 0 rings (SSSR count). The molecule has 0 N–H and O–H groups in total. The van der Waals surface area contributed by atoms with Crippen LogP contribution in [0.1, 0.15) is 27.2 Å². The average molecular weight is 184 g/mol. The van der Waals surface area contributed by atoms with Crippen LogP contribution in [0.5, 0.6) is 0 Å². The molecule has 0 saturated carbocycles. The number of carboxylic acid groups (broad SMARTS) is 1. The molecule has 0 fully saturated rings. The summed E-state index contributed by atoms with van der Waals surface area (Å²) in [5.41, 5.74) is 0.319. The second kappa shape index (κ2) is 4.30. The SMILES string of the molecule is CN(C)C=C(CC(C)(C)C)C(=O)[O-]. The van der Waals surface area contributed by atoms with Gasteiger partial charge in [0.15, 0.2) is 0 Å². The Hall–Kier alpha value is -0.990. The first-order valence-corrected chi connectivity index (χ1v) is 4.31. The standard InChI is InChI=1S/C10H19NO2/c1-10(2,3)6-8(9(12)13)7-11(4)5/h7H,6H2,1-5H3,(H,12,13)/p-1. The fourth-order valence-corrected chi connectivity index (χ4v) is 1.05. The minimum absolute atomic E-state index is 0.0259. The quantitative estimate of drug-likeness (QED) is 0.604. The van der Waals surface area contributed by atoms with E-state index < -0.39 is 5.97 Å². The van der Waals surface area contributed by atoms with Crippen LogP contribution in [0.3, 0.4) is 0 Å². The van der Waals surface area contributed by atoms with Gasteiger partial charge in [-0.25, -0.2) is 0 Å². The predicted octanol–water partition coefficient (Wildman–Crippen LogP) is 0.618. The van der Waals surface area contributed by atoms with Crippen LogP contribution in [0, 0.1) is 5.41 Å². The molecule has 0 bridgehead atoms. The minimum Gasteiger partial charge on any atom is -0.545 e. The molecule has 0 saturated heterocycles. The molecule has 3 nitrogen and oxygen atoms in total. The third kappa shape index (κ3) is 6.20. The van der Waals surface area contributed by atoms with Crippen LogP contribution in [0.2, 0.25) is 0 Å². The van der Waals surface area contributed by atoms with Crippen molar-refractivity contribution in [3.05, 3.63) is 11.8 Å². The lowest BCUT2D eigenvalue weighted by Gasteiger charge is -2.22. The number of rotatable bonds is 3. The van der Waals surface area contributed by atoms with Gasteiger partial charge in [-0.1, -0.05) is 20.8 Å². The van der Waals surface area contributed by atoms with Crippen molar-refractivity contribution in [2.45, 2.75) is 27.2 Å². The van der Waals surface area contributed by atoms with Crippen molar-refractivity contribution in [2.75, 3.05) is 14.1 Å². The fourth-order valence-electron chi connectivity index (χ4n) is 1.05. The maximum Gasteiger partial charge on any atom is 0.0689 e. The van der Waals surface area contributed by atoms with Crippen molar-refractivity contribution >= 4 is 5.97 Å². The molecule has 13 heavy (non-hydrogen) atoms. The van der Waals surface area contributed by atoms with Gasteiger partial charge in [-0.2, -0.15) is 0 Å². The van der Waals surface area contributed by atoms with E-state index >= 15 is 0 Å². The Bertz CT molecular complexity index is 211. The highest BCUT2D eigenvalue weighted by Gasteiger charge is 2.13. The van der Waals surface area contributed by atoms with Gasteiger partial charge in [0.1, 0.15) is 0 Å². The van der Waals surface area contributed by atoms with E-state index in [0.29, 0.717) is 12.0 Å². The van der Waals surface area contributed by atoms with E-state index in [1.54, 1.807) is 25.2 Å². The molecule has 0 aliphatic rings. The Labute approximate surface area is 80.0 Å². The van der Waals surface area contributed by atoms with Gasteiger partial charge in [-0.05, 0) is 17.4 Å². The summed E-state index contributed by atoms with van der Waals surface area (Å²) >= 11 is 0. The number of carbonyl (C=O) groups is 1. The van der Waals surface area contributed by atoms with Gasteiger partial charge in [-0.3, -0.25) is 0 Å². The molecule has 0 unspecified atom stereocenters. The van der Waals surface area contributed by atoms with Crippen LogP contribution in [0.4, 0.5) is 0 Å². The number of hydrogen-bond donors (Lipinski definition) is 0. The van der Waals surface area contributed by atoms with E-state index in [1.165, 1.54) is 0 Å². The zero-order valence-corrected chi connectivity index (χ0v) is 9.05. The summed E-state index contributed by atoms with van der Waals surface area (Å²) in [6.45, 7) is 6.00. The third-order valence-electron chi connectivity index (χ3n) is 1.40. The zero-order valence-electron chi connectivity index (χ0n) is 9.05. The average Bonchev–Trinajstić information content (AvgIpc) is 1.81. The van der Waals surface area contributed by atoms with Gasteiger partial charge in [0.05, 0.1) is 5.97 Å². The van der Waals surface area contributed by atoms with Gasteiger partial charge in [0.2, 0.25) is 0 Å². The lowest BCUT2D eigenvalue weighted by Crippen LogP contribution is -2.28. The van der Waals surface area contributed by atoms with Crippen LogP contribution >= 0.6 is 0 Å². The molecule has 0 spiro atoms. The van der Waals surface area contributed by atoms with Crippen LogP contribution in [-0.4, -0.2) is 25.0 Å². The van der Waals surface area contributed by atoms with Crippen molar-refractivity contribution in [3.63, 3.8) is 0 Å². The minimum atomic E-state index is -1.08. The van der Waals surface area contributed by atoms with Crippen LogP contribution in [0.25, 0.3) is 0 Å². The van der Waals surface area contributed by atoms with E-state index in [-0.39, 0.29) is 5.41 Å². The predicted molar refractivity (Wildman–Crippen MR) is 50.8 cm³/mol. The van der Waals surface area contributed by atoms with Gasteiger partial charge in [0.25, 0.3) is 0 Å². The molecule has 3 heteroatoms. The first-order valence-electron chi connectivity index (χ1n) is 4.31. The molecule has 76 valence electrons. The lowest BCUT2D eigenvalue weighted by molar-refractivity contribution is -0.299. The topological polar surface area (TPSA) is 43.4 Å². The van der Waals surface area contributed by atoms with Gasteiger partial charge in [-0.15, -0.1) is 0 Å². The summed E-state index contributed by atoms with van der Waals surface area (Å²) in [6.07, 6.45) is 2.12. The monoisotopic (exact) mass is 184 g/mol. The van der Waals surface area contributed by atoms with Crippen LogP contribution in [0.15, 0.2) is 11.8 Å². The van der Waals surface area contributed by atoms with E-state index in [0.717, 1.165) is 0 Å². The Kier molecular flexibility index (Phi) is 3.98. The molecule has 0 aromatic heterocycles. The van der Waals surface area contributed by atoms with Gasteiger partial charge < -0.3 is 14.8 Å². The number of hydrogen-bond acceptors (Lipinski definition) is 3. The first kappa shape index (κ1) is 12.0. The Morgan fingerprint density at radius 1 is 1.38 bits per heavy atom. The van der Waals surface area contributed by atoms with Gasteiger partial charge in [0, 0.05) is 20.3 Å². The molecule has 0 aromatic rings. The molecule has 0 amide bonds. The summed E-state index contributed by atoms with van der Waals surface area (Å²) in [4.78, 5) is 12.4. The van der Waals surface area contributed by atoms with Crippen molar-refractivity contribution in [3.8, 4) is 0 Å². The highest BCUT2D eigenvalue weighted by atomic mass is 16.4. The highest BCUT2D eigenvalue weighted by molar-refractivity contribution is 5.84. The Morgan fingerprint density at radius 3 is 2.08 bits per heavy atom. The molecule has 0 atom stereocenters. The highest BCUT2D eigenvalue weighted by Crippen LogP contribution is 2.23. The second-order valence-electron chi connectivity index (χ2n) is 4.64. The molecule has 0 aliphatic heterocycles. The van der Waals surface area contributed by atoms with E-state index in [1.807, 2.05) is 20.8 Å². The molecule has 0 aromatic carbocycles. The van der Waals surface area contributed by atoms with Crippen molar-refractivity contribution in [2.24, 2.45) is 5.41 Å². The van der Waals surface area contributed by atoms with Gasteiger partial charge >= 0.3 is 0 Å². The Morgan fingerprint density at radius 2 is 1.85 bits per heavy atom. The normalized spacial score (nSPS) is 12.8. The summed E-state index contributed by atoms with van der Waals surface area (Å²) in [5, 5.41) is 10.7. The fraction of sp³-hybridized carbons (Fsp3) is 0.700. The third-order valence-corrected chi connectivity index (χ3v) is 1.40. The van der Waals surface area contributed by atoms with E-state index in [9.17, 15) is 9.90 Å². The lowest BCUT2D eigenvalue weighted by atomic mass is 9.88. The summed E-state index contributed by atoms with van der Waals surface area (Å²) in [7, 11) is 3.59. The van der Waals surface area contributed by atoms with E-state index in [2.05, 4.69) is 0 Å². The Balaban J connectivity index is 4.55. The summed E-state index contributed by atoms with van der Waals surface area (Å²) in [5.74, 6) is -1.08. The molecular weight excluding hydrogens is 166 g/mol. The number of carbonyl (C=O) groups excluding carboxylic acids is 1. The van der Waals surface area contributed by atoms with Crippen molar-refractivity contribution in [1.82, 2.24) is 4.90 Å². The largest absolute Gasteiger partial charge is 0.545 e. The number of aliphatic carboxylic acids is 1. The number of nitrogens with zero attached hydrogens (tertiary/aromatic N) is 1. The molecule has 0 heterocycles. The van der Waals surface area contributed by atoms with Crippen molar-refractivity contribution in [1.29, 1.82) is 0 Å². The zero-order chi connectivity index (χ0) is 10.6. The smallest absolute Gasteiger partial charge is 0.0689 e. The maximum atomic E-state index is 10.7. The van der Waals surface area contributed by atoms with Crippen LogP contribution < -0.4 is 5.11 Å². The molecular formula is C10H18NO2-.